The normalized spacial score (nSPS) is 17.9. The van der Waals surface area contributed by atoms with Crippen LogP contribution in [0.3, 0.4) is 0 Å². The summed E-state index contributed by atoms with van der Waals surface area (Å²) < 4.78 is 0. The Kier molecular flexibility index (Phi) is 7.32. The molecule has 1 aromatic rings. The fraction of sp³-hybridized carbons (Fsp3) is 0.417. The molecule has 0 bridgehead atoms. The molecule has 0 aliphatic carbocycles. The first-order chi connectivity index (χ1) is 8.65. The summed E-state index contributed by atoms with van der Waals surface area (Å²) in [5.74, 6) is 0.390. The minimum Gasteiger partial charge on any atom is -0.351 e. The Morgan fingerprint density at radius 2 is 2.26 bits per heavy atom. The van der Waals surface area contributed by atoms with E-state index in [-0.39, 0.29) is 24.4 Å². The SMILES string of the molecule is Cl.O=C(CSc1cc(Cl)ccc1Cl)NC1CCNC1. The topological polar surface area (TPSA) is 41.1 Å². The van der Waals surface area contributed by atoms with Crippen LogP contribution in [0.25, 0.3) is 0 Å². The second kappa shape index (κ2) is 8.22. The van der Waals surface area contributed by atoms with Gasteiger partial charge in [0.05, 0.1) is 10.8 Å². The van der Waals surface area contributed by atoms with Gasteiger partial charge in [-0.1, -0.05) is 23.2 Å². The molecule has 0 spiro atoms. The lowest BCUT2D eigenvalue weighted by Gasteiger charge is -2.11. The molecule has 1 aromatic carbocycles. The number of benzene rings is 1. The molecule has 0 radical (unpaired) electrons. The van der Waals surface area contributed by atoms with Crippen LogP contribution in [0.15, 0.2) is 23.1 Å². The van der Waals surface area contributed by atoms with Crippen molar-refractivity contribution in [3.8, 4) is 0 Å². The van der Waals surface area contributed by atoms with Crippen molar-refractivity contribution < 1.29 is 4.79 Å². The molecule has 2 rings (SSSR count). The molecule has 3 nitrogen and oxygen atoms in total. The molecule has 0 aromatic heterocycles. The number of hydrogen-bond donors (Lipinski definition) is 2. The van der Waals surface area contributed by atoms with Gasteiger partial charge in [-0.15, -0.1) is 24.2 Å². The van der Waals surface area contributed by atoms with Crippen LogP contribution in [0.5, 0.6) is 0 Å². The molecule has 7 heteroatoms. The highest BCUT2D eigenvalue weighted by Crippen LogP contribution is 2.29. The van der Waals surface area contributed by atoms with Gasteiger partial charge in [-0.2, -0.15) is 0 Å². The molecule has 1 aliphatic heterocycles. The number of halogens is 3. The molecule has 1 amide bonds. The zero-order chi connectivity index (χ0) is 13.0. The third-order valence-electron chi connectivity index (χ3n) is 2.68. The zero-order valence-corrected chi connectivity index (χ0v) is 13.3. The lowest BCUT2D eigenvalue weighted by molar-refractivity contribution is -0.119. The van der Waals surface area contributed by atoms with Crippen molar-refractivity contribution in [2.24, 2.45) is 0 Å². The average molecular weight is 342 g/mol. The number of thioether (sulfide) groups is 1. The van der Waals surface area contributed by atoms with Crippen LogP contribution in [0.1, 0.15) is 6.42 Å². The monoisotopic (exact) mass is 340 g/mol. The van der Waals surface area contributed by atoms with Crippen molar-refractivity contribution in [2.75, 3.05) is 18.8 Å². The summed E-state index contributed by atoms with van der Waals surface area (Å²) in [7, 11) is 0. The maximum Gasteiger partial charge on any atom is 0.230 e. The van der Waals surface area contributed by atoms with Crippen LogP contribution in [0, 0.1) is 0 Å². The highest BCUT2D eigenvalue weighted by Gasteiger charge is 2.16. The maximum absolute atomic E-state index is 11.7. The van der Waals surface area contributed by atoms with Gasteiger partial charge in [0.25, 0.3) is 0 Å². The van der Waals surface area contributed by atoms with Gasteiger partial charge in [0.1, 0.15) is 0 Å². The molecule has 19 heavy (non-hydrogen) atoms. The summed E-state index contributed by atoms with van der Waals surface area (Å²) in [6, 6.07) is 5.51. The number of carbonyl (C=O) groups excluding carboxylic acids is 1. The van der Waals surface area contributed by atoms with Crippen molar-refractivity contribution in [1.82, 2.24) is 10.6 Å². The molecule has 106 valence electrons. The molecule has 0 saturated carbocycles. The van der Waals surface area contributed by atoms with E-state index in [1.807, 2.05) is 0 Å². The van der Waals surface area contributed by atoms with E-state index in [1.165, 1.54) is 11.8 Å². The lowest BCUT2D eigenvalue weighted by Crippen LogP contribution is -2.37. The summed E-state index contributed by atoms with van der Waals surface area (Å²) in [5.41, 5.74) is 0. The Morgan fingerprint density at radius 3 is 2.95 bits per heavy atom. The highest BCUT2D eigenvalue weighted by molar-refractivity contribution is 8.00. The van der Waals surface area contributed by atoms with E-state index < -0.39 is 0 Å². The second-order valence-corrected chi connectivity index (χ2v) is 5.98. The maximum atomic E-state index is 11.7. The summed E-state index contributed by atoms with van der Waals surface area (Å²) in [5, 5.41) is 7.44. The predicted octanol–water partition coefficient (Wildman–Crippen LogP) is 2.99. The van der Waals surface area contributed by atoms with Gasteiger partial charge in [0.15, 0.2) is 0 Å². The number of hydrogen-bond acceptors (Lipinski definition) is 3. The van der Waals surface area contributed by atoms with Crippen LogP contribution >= 0.6 is 47.4 Å². The van der Waals surface area contributed by atoms with E-state index in [9.17, 15) is 4.79 Å². The minimum absolute atomic E-state index is 0. The fourth-order valence-corrected chi connectivity index (χ4v) is 3.08. The number of carbonyl (C=O) groups is 1. The number of rotatable bonds is 4. The number of amides is 1. The van der Waals surface area contributed by atoms with E-state index >= 15 is 0 Å². The van der Waals surface area contributed by atoms with Gasteiger partial charge in [-0.05, 0) is 31.2 Å². The third kappa shape index (κ3) is 5.40. The average Bonchev–Trinajstić information content (AvgIpc) is 2.83. The van der Waals surface area contributed by atoms with Crippen molar-refractivity contribution >= 4 is 53.3 Å². The number of nitrogens with one attached hydrogen (secondary N) is 2. The van der Waals surface area contributed by atoms with Crippen molar-refractivity contribution in [3.05, 3.63) is 28.2 Å². The quantitative estimate of drug-likeness (QED) is 0.827. The van der Waals surface area contributed by atoms with E-state index in [0.29, 0.717) is 15.8 Å². The van der Waals surface area contributed by atoms with E-state index in [4.69, 9.17) is 23.2 Å². The highest BCUT2D eigenvalue weighted by atomic mass is 35.5. The fourth-order valence-electron chi connectivity index (χ4n) is 1.78. The van der Waals surface area contributed by atoms with Crippen LogP contribution in [-0.4, -0.2) is 30.8 Å². The van der Waals surface area contributed by atoms with Gasteiger partial charge >= 0.3 is 0 Å². The van der Waals surface area contributed by atoms with Gasteiger partial charge in [-0.3, -0.25) is 4.79 Å². The summed E-state index contributed by atoms with van der Waals surface area (Å²) >= 11 is 13.3. The smallest absolute Gasteiger partial charge is 0.230 e. The Hall–Kier alpha value is -0.130. The molecule has 1 fully saturated rings. The largest absolute Gasteiger partial charge is 0.351 e. The first kappa shape index (κ1) is 16.9. The molecular weight excluding hydrogens is 327 g/mol. The Morgan fingerprint density at radius 1 is 1.47 bits per heavy atom. The molecule has 1 saturated heterocycles. The Bertz CT molecular complexity index is 439. The first-order valence-corrected chi connectivity index (χ1v) is 7.47. The summed E-state index contributed by atoms with van der Waals surface area (Å²) in [4.78, 5) is 12.6. The molecule has 1 atom stereocenters. The molecule has 2 N–H and O–H groups in total. The van der Waals surface area contributed by atoms with Gasteiger partial charge in [0.2, 0.25) is 5.91 Å². The van der Waals surface area contributed by atoms with Crippen LogP contribution in [-0.2, 0) is 4.79 Å². The van der Waals surface area contributed by atoms with Crippen molar-refractivity contribution in [1.29, 1.82) is 0 Å². The minimum atomic E-state index is 0. The van der Waals surface area contributed by atoms with Crippen molar-refractivity contribution in [2.45, 2.75) is 17.4 Å². The Balaban J connectivity index is 0.00000180. The third-order valence-corrected chi connectivity index (χ3v) is 4.41. The van der Waals surface area contributed by atoms with Gasteiger partial charge < -0.3 is 10.6 Å². The van der Waals surface area contributed by atoms with Gasteiger partial charge in [-0.25, -0.2) is 0 Å². The molecule has 1 aliphatic rings. The van der Waals surface area contributed by atoms with Gasteiger partial charge in [0, 0.05) is 22.5 Å². The zero-order valence-electron chi connectivity index (χ0n) is 10.1. The standard InChI is InChI=1S/C12H14Cl2N2OS.ClH/c13-8-1-2-10(14)11(5-8)18-7-12(17)16-9-3-4-15-6-9;/h1-2,5,9,15H,3-4,6-7H2,(H,16,17);1H. The van der Waals surface area contributed by atoms with Crippen LogP contribution in [0.4, 0.5) is 0 Å². The van der Waals surface area contributed by atoms with E-state index in [1.54, 1.807) is 18.2 Å². The summed E-state index contributed by atoms with van der Waals surface area (Å²) in [6.07, 6.45) is 0.994. The van der Waals surface area contributed by atoms with Crippen molar-refractivity contribution in [3.63, 3.8) is 0 Å². The summed E-state index contributed by atoms with van der Waals surface area (Å²) in [6.45, 7) is 1.83. The Labute approximate surface area is 133 Å². The van der Waals surface area contributed by atoms with E-state index in [2.05, 4.69) is 10.6 Å². The van der Waals surface area contributed by atoms with E-state index in [0.717, 1.165) is 24.4 Å². The molecule has 1 heterocycles. The first-order valence-electron chi connectivity index (χ1n) is 5.73. The van der Waals surface area contributed by atoms with Crippen LogP contribution in [0.2, 0.25) is 10.0 Å². The predicted molar refractivity (Wildman–Crippen MR) is 83.9 cm³/mol. The van der Waals surface area contributed by atoms with Crippen LogP contribution < -0.4 is 10.6 Å². The molecular formula is C12H15Cl3N2OS. The molecule has 1 unspecified atom stereocenters. The lowest BCUT2D eigenvalue weighted by atomic mass is 10.3. The second-order valence-electron chi connectivity index (χ2n) is 4.12.